The summed E-state index contributed by atoms with van der Waals surface area (Å²) < 4.78 is 5.84. The second kappa shape index (κ2) is 11.1. The number of anilines is 1. The Hall–Kier alpha value is -2.82. The number of piperidine rings is 1. The lowest BCUT2D eigenvalue weighted by atomic mass is 9.86. The molecule has 0 atom stereocenters. The minimum atomic E-state index is -0.630. The van der Waals surface area contributed by atoms with Gasteiger partial charge in [0.05, 0.1) is 17.7 Å². The molecule has 1 saturated heterocycles. The maximum absolute atomic E-state index is 11.4. The molecule has 0 saturated carbocycles. The molecular formula is C30H38N2O2. The van der Waals surface area contributed by atoms with Crippen molar-refractivity contribution in [1.82, 2.24) is 4.90 Å². The molecule has 4 rings (SSSR count). The smallest absolute Gasteiger partial charge is 0.121 e. The molecule has 0 aliphatic carbocycles. The Morgan fingerprint density at radius 2 is 1.47 bits per heavy atom. The second-order valence-electron chi connectivity index (χ2n) is 9.82. The zero-order valence-corrected chi connectivity index (χ0v) is 20.7. The van der Waals surface area contributed by atoms with E-state index in [4.69, 9.17) is 4.74 Å². The normalized spacial score (nSPS) is 16.1. The van der Waals surface area contributed by atoms with Gasteiger partial charge < -0.3 is 14.7 Å². The van der Waals surface area contributed by atoms with E-state index in [1.165, 1.54) is 11.1 Å². The third kappa shape index (κ3) is 6.19. The van der Waals surface area contributed by atoms with Crippen LogP contribution in [0, 0.1) is 0 Å². The van der Waals surface area contributed by atoms with Crippen LogP contribution >= 0.6 is 0 Å². The van der Waals surface area contributed by atoms with Crippen molar-refractivity contribution < 1.29 is 9.84 Å². The van der Waals surface area contributed by atoms with Crippen molar-refractivity contribution in [3.63, 3.8) is 0 Å². The van der Waals surface area contributed by atoms with E-state index in [0.29, 0.717) is 0 Å². The molecule has 1 heterocycles. The first-order chi connectivity index (χ1) is 16.4. The van der Waals surface area contributed by atoms with Crippen LogP contribution in [-0.2, 0) is 0 Å². The molecule has 4 heteroatoms. The van der Waals surface area contributed by atoms with Crippen LogP contribution in [0.15, 0.2) is 84.9 Å². The zero-order valence-electron chi connectivity index (χ0n) is 20.7. The van der Waals surface area contributed by atoms with Gasteiger partial charge in [-0.05, 0) is 56.4 Å². The maximum atomic E-state index is 11.4. The summed E-state index contributed by atoms with van der Waals surface area (Å²) in [4.78, 5) is 4.74. The minimum absolute atomic E-state index is 0.155. The standard InChI is InChI=1S/C30H38N2O2/c1-24(2)34-28-16-10-15-27(23-28)31(3)20-17-30(33)18-21-32(22-19-30)29(25-11-6-4-7-12-25)26-13-8-5-9-14-26/h4-16,23-24,29,33H,17-22H2,1-3H3. The zero-order chi connectivity index (χ0) is 24.0. The Morgan fingerprint density at radius 3 is 2.03 bits per heavy atom. The van der Waals surface area contributed by atoms with Gasteiger partial charge in [-0.2, -0.15) is 0 Å². The summed E-state index contributed by atoms with van der Waals surface area (Å²) in [5.74, 6) is 0.888. The fraction of sp³-hybridized carbons (Fsp3) is 0.400. The molecule has 0 unspecified atom stereocenters. The molecule has 0 spiro atoms. The van der Waals surface area contributed by atoms with Gasteiger partial charge in [-0.25, -0.2) is 0 Å². The van der Waals surface area contributed by atoms with Gasteiger partial charge in [0.2, 0.25) is 0 Å². The van der Waals surface area contributed by atoms with Crippen molar-refractivity contribution in [2.75, 3.05) is 31.6 Å². The van der Waals surface area contributed by atoms with Crippen molar-refractivity contribution in [2.24, 2.45) is 0 Å². The summed E-state index contributed by atoms with van der Waals surface area (Å²) in [5.41, 5.74) is 3.10. The molecule has 180 valence electrons. The highest BCUT2D eigenvalue weighted by Gasteiger charge is 2.35. The Balaban J connectivity index is 1.38. The predicted octanol–water partition coefficient (Wildman–Crippen LogP) is 5.92. The number of nitrogens with zero attached hydrogens (tertiary/aromatic N) is 2. The van der Waals surface area contributed by atoms with Crippen molar-refractivity contribution in [3.05, 3.63) is 96.1 Å². The van der Waals surface area contributed by atoms with Gasteiger partial charge in [0, 0.05) is 38.4 Å². The van der Waals surface area contributed by atoms with E-state index in [1.54, 1.807) is 0 Å². The number of aliphatic hydroxyl groups is 1. The summed E-state index contributed by atoms with van der Waals surface area (Å²) in [6.45, 7) is 6.65. The number of ether oxygens (including phenoxy) is 1. The molecule has 3 aromatic carbocycles. The van der Waals surface area contributed by atoms with Crippen LogP contribution in [-0.4, -0.2) is 48.4 Å². The quantitative estimate of drug-likeness (QED) is 0.432. The van der Waals surface area contributed by atoms with Gasteiger partial charge in [-0.3, -0.25) is 4.90 Å². The molecule has 1 aliphatic heterocycles. The van der Waals surface area contributed by atoms with Gasteiger partial charge in [0.15, 0.2) is 0 Å². The summed E-state index contributed by atoms with van der Waals surface area (Å²) in [6.07, 6.45) is 2.48. The van der Waals surface area contributed by atoms with Crippen LogP contribution in [0.5, 0.6) is 5.75 Å². The molecule has 1 fully saturated rings. The van der Waals surface area contributed by atoms with Gasteiger partial charge in [0.1, 0.15) is 5.75 Å². The van der Waals surface area contributed by atoms with E-state index in [0.717, 1.165) is 50.3 Å². The average Bonchev–Trinajstić information content (AvgIpc) is 2.85. The predicted molar refractivity (Wildman–Crippen MR) is 141 cm³/mol. The third-order valence-corrected chi connectivity index (χ3v) is 6.87. The minimum Gasteiger partial charge on any atom is -0.491 e. The SMILES string of the molecule is CC(C)Oc1cccc(N(C)CCC2(O)CCN(C(c3ccccc3)c3ccccc3)CC2)c1. The van der Waals surface area contributed by atoms with E-state index in [9.17, 15) is 5.11 Å². The molecule has 1 aliphatic rings. The molecule has 1 N–H and O–H groups in total. The Morgan fingerprint density at radius 1 is 0.882 bits per heavy atom. The molecule has 0 bridgehead atoms. The molecule has 0 amide bonds. The van der Waals surface area contributed by atoms with Crippen molar-refractivity contribution >= 4 is 5.69 Å². The number of hydrogen-bond donors (Lipinski definition) is 1. The van der Waals surface area contributed by atoms with Gasteiger partial charge in [-0.1, -0.05) is 66.7 Å². The van der Waals surface area contributed by atoms with Crippen LogP contribution in [0.1, 0.15) is 50.3 Å². The van der Waals surface area contributed by atoms with Crippen molar-refractivity contribution in [1.29, 1.82) is 0 Å². The first-order valence-corrected chi connectivity index (χ1v) is 12.5. The Bertz CT molecular complexity index is 975. The van der Waals surface area contributed by atoms with E-state index in [1.807, 2.05) is 26.0 Å². The number of rotatable bonds is 9. The fourth-order valence-electron chi connectivity index (χ4n) is 4.90. The first kappa shape index (κ1) is 24.3. The van der Waals surface area contributed by atoms with Crippen LogP contribution in [0.2, 0.25) is 0 Å². The van der Waals surface area contributed by atoms with Crippen LogP contribution in [0.3, 0.4) is 0 Å². The summed E-state index contributed by atoms with van der Waals surface area (Å²) in [5, 5.41) is 11.4. The lowest BCUT2D eigenvalue weighted by molar-refractivity contribution is -0.0321. The highest BCUT2D eigenvalue weighted by molar-refractivity contribution is 5.50. The van der Waals surface area contributed by atoms with Gasteiger partial charge in [0.25, 0.3) is 0 Å². The third-order valence-electron chi connectivity index (χ3n) is 6.87. The Kier molecular flexibility index (Phi) is 7.91. The molecule has 34 heavy (non-hydrogen) atoms. The summed E-state index contributed by atoms with van der Waals surface area (Å²) >= 11 is 0. The van der Waals surface area contributed by atoms with Crippen LogP contribution < -0.4 is 9.64 Å². The summed E-state index contributed by atoms with van der Waals surface area (Å²) in [7, 11) is 2.09. The number of likely N-dealkylation sites (tertiary alicyclic amines) is 1. The monoisotopic (exact) mass is 458 g/mol. The summed E-state index contributed by atoms with van der Waals surface area (Å²) in [6, 6.07) is 29.9. The van der Waals surface area contributed by atoms with Crippen LogP contribution in [0.4, 0.5) is 5.69 Å². The lowest BCUT2D eigenvalue weighted by Crippen LogP contribution is -2.47. The Labute approximate surface area is 204 Å². The number of hydrogen-bond acceptors (Lipinski definition) is 4. The second-order valence-corrected chi connectivity index (χ2v) is 9.82. The van der Waals surface area contributed by atoms with E-state index in [-0.39, 0.29) is 12.1 Å². The molecule has 3 aromatic rings. The highest BCUT2D eigenvalue weighted by Crippen LogP contribution is 2.35. The van der Waals surface area contributed by atoms with E-state index >= 15 is 0 Å². The maximum Gasteiger partial charge on any atom is 0.121 e. The van der Waals surface area contributed by atoms with Crippen LogP contribution in [0.25, 0.3) is 0 Å². The fourth-order valence-corrected chi connectivity index (χ4v) is 4.90. The van der Waals surface area contributed by atoms with Crippen molar-refractivity contribution in [2.45, 2.75) is 50.9 Å². The highest BCUT2D eigenvalue weighted by atomic mass is 16.5. The lowest BCUT2D eigenvalue weighted by Gasteiger charge is -2.42. The number of benzene rings is 3. The van der Waals surface area contributed by atoms with E-state index in [2.05, 4.69) is 89.6 Å². The largest absolute Gasteiger partial charge is 0.491 e. The van der Waals surface area contributed by atoms with E-state index < -0.39 is 5.60 Å². The molecule has 0 aromatic heterocycles. The first-order valence-electron chi connectivity index (χ1n) is 12.5. The molecule has 0 radical (unpaired) electrons. The van der Waals surface area contributed by atoms with Crippen molar-refractivity contribution in [3.8, 4) is 5.75 Å². The van der Waals surface area contributed by atoms with Gasteiger partial charge in [-0.15, -0.1) is 0 Å². The topological polar surface area (TPSA) is 35.9 Å². The molecular weight excluding hydrogens is 420 g/mol. The molecule has 4 nitrogen and oxygen atoms in total. The average molecular weight is 459 g/mol. The van der Waals surface area contributed by atoms with Gasteiger partial charge >= 0.3 is 0 Å².